The van der Waals surface area contributed by atoms with Crippen LogP contribution in [0, 0.1) is 0 Å². The van der Waals surface area contributed by atoms with E-state index >= 15 is 0 Å². The van der Waals surface area contributed by atoms with Gasteiger partial charge in [0.25, 0.3) is 0 Å². The van der Waals surface area contributed by atoms with Crippen LogP contribution in [0.25, 0.3) is 0 Å². The molecule has 0 saturated heterocycles. The molecule has 1 aliphatic carbocycles. The number of hydrogen-bond donors (Lipinski definition) is 3. The fourth-order valence-electron chi connectivity index (χ4n) is 2.32. The summed E-state index contributed by atoms with van der Waals surface area (Å²) in [7, 11) is 0. The van der Waals surface area contributed by atoms with E-state index in [1.54, 1.807) is 12.1 Å². The maximum atomic E-state index is 11.1. The fraction of sp³-hybridized carbons (Fsp3) is 0.462. The van der Waals surface area contributed by atoms with E-state index in [9.17, 15) is 4.79 Å². The number of nitrogens with one attached hydrogen (secondary N) is 1. The number of halogens is 1. The predicted octanol–water partition coefficient (Wildman–Crippen LogP) is 2.23. The van der Waals surface area contributed by atoms with Gasteiger partial charge < -0.3 is 16.8 Å². The Hall–Kier alpha value is -1.07. The van der Waals surface area contributed by atoms with Crippen LogP contribution in [0.15, 0.2) is 22.7 Å². The second-order valence-corrected chi connectivity index (χ2v) is 5.61. The SMILES string of the molecule is NC(=O)c1ccc(NC2CCCCC2N)c(Br)c1. The second kappa shape index (κ2) is 5.71. The maximum absolute atomic E-state index is 11.1. The Labute approximate surface area is 115 Å². The molecule has 18 heavy (non-hydrogen) atoms. The molecule has 2 atom stereocenters. The van der Waals surface area contributed by atoms with Crippen LogP contribution in [-0.2, 0) is 0 Å². The lowest BCUT2D eigenvalue weighted by Gasteiger charge is -2.30. The molecule has 1 fully saturated rings. The Bertz CT molecular complexity index is 450. The number of primary amides is 1. The van der Waals surface area contributed by atoms with Crippen LogP contribution in [0.4, 0.5) is 5.69 Å². The van der Waals surface area contributed by atoms with Crippen molar-refractivity contribution < 1.29 is 4.79 Å². The third kappa shape index (κ3) is 3.03. The highest BCUT2D eigenvalue weighted by Gasteiger charge is 2.22. The molecular formula is C13H18BrN3O. The van der Waals surface area contributed by atoms with Gasteiger partial charge in [-0.2, -0.15) is 0 Å². The van der Waals surface area contributed by atoms with Crippen molar-refractivity contribution in [2.24, 2.45) is 11.5 Å². The molecule has 0 spiro atoms. The van der Waals surface area contributed by atoms with Crippen LogP contribution in [0.2, 0.25) is 0 Å². The molecule has 4 nitrogen and oxygen atoms in total. The standard InChI is InChI=1S/C13H18BrN3O/c14-9-7-8(13(16)18)5-6-11(9)17-12-4-2-1-3-10(12)15/h5-7,10,12,17H,1-4,15H2,(H2,16,18). The van der Waals surface area contributed by atoms with Gasteiger partial charge in [-0.3, -0.25) is 4.79 Å². The lowest BCUT2D eigenvalue weighted by molar-refractivity contribution is 0.100. The van der Waals surface area contributed by atoms with E-state index in [0.717, 1.165) is 23.0 Å². The van der Waals surface area contributed by atoms with E-state index in [-0.39, 0.29) is 6.04 Å². The minimum atomic E-state index is -0.420. The summed E-state index contributed by atoms with van der Waals surface area (Å²) in [6.45, 7) is 0. The Kier molecular flexibility index (Phi) is 4.24. The van der Waals surface area contributed by atoms with Crippen LogP contribution < -0.4 is 16.8 Å². The molecule has 1 aromatic carbocycles. The predicted molar refractivity (Wildman–Crippen MR) is 76.5 cm³/mol. The van der Waals surface area contributed by atoms with Crippen LogP contribution in [0.1, 0.15) is 36.0 Å². The first-order valence-electron chi connectivity index (χ1n) is 6.19. The molecule has 5 N–H and O–H groups in total. The van der Waals surface area contributed by atoms with Gasteiger partial charge in [-0.15, -0.1) is 0 Å². The first kappa shape index (κ1) is 13.4. The van der Waals surface area contributed by atoms with Gasteiger partial charge in [0.15, 0.2) is 0 Å². The van der Waals surface area contributed by atoms with Gasteiger partial charge in [0.1, 0.15) is 0 Å². The lowest BCUT2D eigenvalue weighted by atomic mass is 9.91. The number of benzene rings is 1. The highest BCUT2D eigenvalue weighted by atomic mass is 79.9. The monoisotopic (exact) mass is 311 g/mol. The Morgan fingerprint density at radius 3 is 2.67 bits per heavy atom. The zero-order chi connectivity index (χ0) is 13.1. The number of nitrogens with two attached hydrogens (primary N) is 2. The van der Waals surface area contributed by atoms with Gasteiger partial charge in [-0.25, -0.2) is 0 Å². The van der Waals surface area contributed by atoms with E-state index in [4.69, 9.17) is 11.5 Å². The van der Waals surface area contributed by atoms with Gasteiger partial charge in [0, 0.05) is 27.8 Å². The number of anilines is 1. The zero-order valence-electron chi connectivity index (χ0n) is 10.2. The number of carbonyl (C=O) groups excluding carboxylic acids is 1. The van der Waals surface area contributed by atoms with Crippen molar-refractivity contribution in [2.75, 3.05) is 5.32 Å². The van der Waals surface area contributed by atoms with Gasteiger partial charge in [-0.05, 0) is 47.0 Å². The highest BCUT2D eigenvalue weighted by molar-refractivity contribution is 9.10. The third-order valence-electron chi connectivity index (χ3n) is 3.41. The first-order chi connectivity index (χ1) is 8.58. The minimum absolute atomic E-state index is 0.196. The van der Waals surface area contributed by atoms with Gasteiger partial charge in [0.05, 0.1) is 0 Å². The fourth-order valence-corrected chi connectivity index (χ4v) is 2.82. The number of carbonyl (C=O) groups is 1. The molecule has 98 valence electrons. The van der Waals surface area contributed by atoms with Crippen molar-refractivity contribution in [3.05, 3.63) is 28.2 Å². The summed E-state index contributed by atoms with van der Waals surface area (Å²) < 4.78 is 0.844. The Morgan fingerprint density at radius 1 is 1.33 bits per heavy atom. The summed E-state index contributed by atoms with van der Waals surface area (Å²) in [5.41, 5.74) is 12.8. The molecule has 2 rings (SSSR count). The van der Waals surface area contributed by atoms with Gasteiger partial charge in [0.2, 0.25) is 5.91 Å². The van der Waals surface area contributed by atoms with E-state index < -0.39 is 5.91 Å². The Morgan fingerprint density at radius 2 is 2.06 bits per heavy atom. The molecule has 0 aromatic heterocycles. The molecule has 0 radical (unpaired) electrons. The smallest absolute Gasteiger partial charge is 0.248 e. The molecule has 0 bridgehead atoms. The largest absolute Gasteiger partial charge is 0.380 e. The van der Waals surface area contributed by atoms with E-state index in [1.165, 1.54) is 12.8 Å². The highest BCUT2D eigenvalue weighted by Crippen LogP contribution is 2.27. The molecule has 1 aromatic rings. The van der Waals surface area contributed by atoms with Crippen molar-refractivity contribution in [1.82, 2.24) is 0 Å². The summed E-state index contributed by atoms with van der Waals surface area (Å²) >= 11 is 3.45. The zero-order valence-corrected chi connectivity index (χ0v) is 11.7. The van der Waals surface area contributed by atoms with Crippen molar-refractivity contribution in [3.63, 3.8) is 0 Å². The number of amides is 1. The van der Waals surface area contributed by atoms with Gasteiger partial charge >= 0.3 is 0 Å². The first-order valence-corrected chi connectivity index (χ1v) is 6.98. The average molecular weight is 312 g/mol. The van der Waals surface area contributed by atoms with E-state index in [1.807, 2.05) is 6.07 Å². The molecule has 0 aliphatic heterocycles. The molecule has 1 saturated carbocycles. The summed E-state index contributed by atoms with van der Waals surface area (Å²) in [6.07, 6.45) is 4.57. The lowest BCUT2D eigenvalue weighted by Crippen LogP contribution is -2.42. The summed E-state index contributed by atoms with van der Waals surface area (Å²) in [5.74, 6) is -0.420. The normalized spacial score (nSPS) is 23.7. The summed E-state index contributed by atoms with van der Waals surface area (Å²) in [6, 6.07) is 5.82. The molecule has 0 heterocycles. The van der Waals surface area contributed by atoms with Gasteiger partial charge in [-0.1, -0.05) is 12.8 Å². The van der Waals surface area contributed by atoms with Crippen molar-refractivity contribution >= 4 is 27.5 Å². The Balaban J connectivity index is 2.11. The van der Waals surface area contributed by atoms with Crippen LogP contribution >= 0.6 is 15.9 Å². The van der Waals surface area contributed by atoms with Crippen LogP contribution in [-0.4, -0.2) is 18.0 Å². The number of rotatable bonds is 3. The van der Waals surface area contributed by atoms with Crippen molar-refractivity contribution in [2.45, 2.75) is 37.8 Å². The molecule has 1 aliphatic rings. The second-order valence-electron chi connectivity index (χ2n) is 4.76. The van der Waals surface area contributed by atoms with Crippen LogP contribution in [0.3, 0.4) is 0 Å². The van der Waals surface area contributed by atoms with E-state index in [0.29, 0.717) is 11.6 Å². The third-order valence-corrected chi connectivity index (χ3v) is 4.07. The quantitative estimate of drug-likeness (QED) is 0.800. The summed E-state index contributed by atoms with van der Waals surface area (Å²) in [5, 5.41) is 3.44. The molecule has 5 heteroatoms. The summed E-state index contributed by atoms with van der Waals surface area (Å²) in [4.78, 5) is 11.1. The topological polar surface area (TPSA) is 81.1 Å². The van der Waals surface area contributed by atoms with Crippen molar-refractivity contribution in [1.29, 1.82) is 0 Å². The van der Waals surface area contributed by atoms with E-state index in [2.05, 4.69) is 21.2 Å². The van der Waals surface area contributed by atoms with Crippen LogP contribution in [0.5, 0.6) is 0 Å². The molecular weight excluding hydrogens is 294 g/mol. The van der Waals surface area contributed by atoms with Crippen molar-refractivity contribution in [3.8, 4) is 0 Å². The molecule has 1 amide bonds. The minimum Gasteiger partial charge on any atom is -0.380 e. The maximum Gasteiger partial charge on any atom is 0.248 e. The average Bonchev–Trinajstić information content (AvgIpc) is 2.34. The number of hydrogen-bond acceptors (Lipinski definition) is 3. The molecule has 2 unspecified atom stereocenters.